The summed E-state index contributed by atoms with van der Waals surface area (Å²) in [4.78, 5) is 2.43. The Morgan fingerprint density at radius 1 is 1.23 bits per heavy atom. The van der Waals surface area contributed by atoms with E-state index in [1.54, 1.807) is 0 Å². The van der Waals surface area contributed by atoms with Crippen LogP contribution in [0.25, 0.3) is 0 Å². The minimum Gasteiger partial charge on any atom is -0.317 e. The van der Waals surface area contributed by atoms with Gasteiger partial charge in [-0.25, -0.2) is 0 Å². The zero-order valence-corrected chi connectivity index (χ0v) is 9.34. The van der Waals surface area contributed by atoms with Crippen LogP contribution in [-0.4, -0.2) is 38.1 Å². The summed E-state index contributed by atoms with van der Waals surface area (Å²) < 4.78 is 0. The largest absolute Gasteiger partial charge is 0.317 e. The molecule has 0 aromatic rings. The zero-order valence-electron chi connectivity index (χ0n) is 9.34. The van der Waals surface area contributed by atoms with E-state index in [1.807, 2.05) is 0 Å². The van der Waals surface area contributed by atoms with Crippen LogP contribution in [0.4, 0.5) is 0 Å². The van der Waals surface area contributed by atoms with E-state index >= 15 is 0 Å². The Labute approximate surface area is 82.7 Å². The lowest BCUT2D eigenvalue weighted by Gasteiger charge is -2.30. The molecular formula is C11H24N2. The molecule has 1 aliphatic carbocycles. The van der Waals surface area contributed by atoms with Crippen molar-refractivity contribution in [1.29, 1.82) is 0 Å². The van der Waals surface area contributed by atoms with Gasteiger partial charge in [-0.15, -0.1) is 0 Å². The standard InChI is InChI=1S/C11H24N2/c1-4-13(3)9-10-5-7-11(12-2)8-6-10/h10-12H,4-9H2,1-3H3. The molecule has 0 bridgehead atoms. The fraction of sp³-hybridized carbons (Fsp3) is 1.00. The molecule has 1 rings (SSSR count). The first-order chi connectivity index (χ1) is 6.26. The first kappa shape index (κ1) is 11.0. The molecule has 0 amide bonds. The maximum atomic E-state index is 3.38. The molecule has 0 spiro atoms. The van der Waals surface area contributed by atoms with Crippen LogP contribution >= 0.6 is 0 Å². The van der Waals surface area contributed by atoms with Gasteiger partial charge < -0.3 is 10.2 Å². The molecule has 0 heterocycles. The fourth-order valence-corrected chi connectivity index (χ4v) is 2.20. The highest BCUT2D eigenvalue weighted by molar-refractivity contribution is 4.77. The molecule has 0 saturated heterocycles. The second kappa shape index (κ2) is 5.61. The molecule has 0 aromatic carbocycles. The van der Waals surface area contributed by atoms with Gasteiger partial charge in [-0.3, -0.25) is 0 Å². The first-order valence-corrected chi connectivity index (χ1v) is 5.62. The van der Waals surface area contributed by atoms with Gasteiger partial charge in [0.25, 0.3) is 0 Å². The van der Waals surface area contributed by atoms with Crippen molar-refractivity contribution in [3.63, 3.8) is 0 Å². The minimum absolute atomic E-state index is 0.795. The molecule has 13 heavy (non-hydrogen) atoms. The number of nitrogens with zero attached hydrogens (tertiary/aromatic N) is 1. The van der Waals surface area contributed by atoms with Crippen molar-refractivity contribution in [1.82, 2.24) is 10.2 Å². The second-order valence-corrected chi connectivity index (χ2v) is 4.36. The van der Waals surface area contributed by atoms with E-state index < -0.39 is 0 Å². The molecule has 1 fully saturated rings. The van der Waals surface area contributed by atoms with Gasteiger partial charge >= 0.3 is 0 Å². The Morgan fingerprint density at radius 2 is 1.85 bits per heavy atom. The van der Waals surface area contributed by atoms with Gasteiger partial charge in [0.2, 0.25) is 0 Å². The molecule has 0 atom stereocenters. The quantitative estimate of drug-likeness (QED) is 0.715. The molecule has 0 aliphatic heterocycles. The van der Waals surface area contributed by atoms with Gasteiger partial charge in [-0.2, -0.15) is 0 Å². The smallest absolute Gasteiger partial charge is 0.00642 e. The highest BCUT2D eigenvalue weighted by Crippen LogP contribution is 2.24. The van der Waals surface area contributed by atoms with Gasteiger partial charge in [0.05, 0.1) is 0 Å². The van der Waals surface area contributed by atoms with Crippen LogP contribution in [0.2, 0.25) is 0 Å². The summed E-state index contributed by atoms with van der Waals surface area (Å²) in [6, 6.07) is 0.795. The molecular weight excluding hydrogens is 160 g/mol. The van der Waals surface area contributed by atoms with Crippen LogP contribution in [-0.2, 0) is 0 Å². The van der Waals surface area contributed by atoms with E-state index in [-0.39, 0.29) is 0 Å². The maximum absolute atomic E-state index is 3.38. The normalized spacial score (nSPS) is 29.5. The Morgan fingerprint density at radius 3 is 2.31 bits per heavy atom. The molecule has 78 valence electrons. The van der Waals surface area contributed by atoms with Gasteiger partial charge in [0.15, 0.2) is 0 Å². The van der Waals surface area contributed by atoms with Crippen LogP contribution in [0.5, 0.6) is 0 Å². The third-order valence-electron chi connectivity index (χ3n) is 3.36. The summed E-state index contributed by atoms with van der Waals surface area (Å²) in [5.74, 6) is 0.953. The lowest BCUT2D eigenvalue weighted by Crippen LogP contribution is -2.34. The Hall–Kier alpha value is -0.0800. The van der Waals surface area contributed by atoms with E-state index in [2.05, 4.69) is 31.2 Å². The molecule has 0 radical (unpaired) electrons. The minimum atomic E-state index is 0.795. The van der Waals surface area contributed by atoms with E-state index in [0.717, 1.165) is 12.0 Å². The molecule has 1 saturated carbocycles. The average molecular weight is 184 g/mol. The summed E-state index contributed by atoms with van der Waals surface area (Å²) in [5.41, 5.74) is 0. The van der Waals surface area contributed by atoms with Gasteiger partial charge in [0, 0.05) is 12.6 Å². The average Bonchev–Trinajstić information content (AvgIpc) is 2.19. The van der Waals surface area contributed by atoms with Crippen LogP contribution in [0.1, 0.15) is 32.6 Å². The zero-order chi connectivity index (χ0) is 9.68. The Bertz CT molecular complexity index is 128. The predicted molar refractivity (Wildman–Crippen MR) is 58.0 cm³/mol. The lowest BCUT2D eigenvalue weighted by molar-refractivity contribution is 0.222. The number of rotatable bonds is 4. The topological polar surface area (TPSA) is 15.3 Å². The Balaban J connectivity index is 2.17. The highest BCUT2D eigenvalue weighted by atomic mass is 15.1. The Kier molecular flexibility index (Phi) is 4.74. The van der Waals surface area contributed by atoms with Crippen molar-refractivity contribution >= 4 is 0 Å². The summed E-state index contributed by atoms with van der Waals surface area (Å²) in [6.07, 6.45) is 5.57. The van der Waals surface area contributed by atoms with Crippen molar-refractivity contribution in [3.05, 3.63) is 0 Å². The summed E-state index contributed by atoms with van der Waals surface area (Å²) in [6.45, 7) is 4.72. The fourth-order valence-electron chi connectivity index (χ4n) is 2.20. The van der Waals surface area contributed by atoms with Crippen LogP contribution < -0.4 is 5.32 Å². The van der Waals surface area contributed by atoms with Crippen LogP contribution in [0.3, 0.4) is 0 Å². The first-order valence-electron chi connectivity index (χ1n) is 5.62. The van der Waals surface area contributed by atoms with Gasteiger partial charge in [-0.05, 0) is 52.2 Å². The van der Waals surface area contributed by atoms with Crippen molar-refractivity contribution in [2.24, 2.45) is 5.92 Å². The highest BCUT2D eigenvalue weighted by Gasteiger charge is 2.20. The van der Waals surface area contributed by atoms with Crippen molar-refractivity contribution in [3.8, 4) is 0 Å². The van der Waals surface area contributed by atoms with Gasteiger partial charge in [0.1, 0.15) is 0 Å². The van der Waals surface area contributed by atoms with Crippen molar-refractivity contribution < 1.29 is 0 Å². The third-order valence-corrected chi connectivity index (χ3v) is 3.36. The monoisotopic (exact) mass is 184 g/mol. The maximum Gasteiger partial charge on any atom is 0.00642 e. The van der Waals surface area contributed by atoms with Crippen molar-refractivity contribution in [2.75, 3.05) is 27.2 Å². The van der Waals surface area contributed by atoms with Gasteiger partial charge in [-0.1, -0.05) is 6.92 Å². The lowest BCUT2D eigenvalue weighted by atomic mass is 9.86. The van der Waals surface area contributed by atoms with E-state index in [1.165, 1.54) is 38.8 Å². The molecule has 0 aromatic heterocycles. The number of hydrogen-bond donors (Lipinski definition) is 1. The summed E-state index contributed by atoms with van der Waals surface area (Å²) in [5, 5.41) is 3.38. The summed E-state index contributed by atoms with van der Waals surface area (Å²) in [7, 11) is 4.31. The predicted octanol–water partition coefficient (Wildman–Crippen LogP) is 1.72. The van der Waals surface area contributed by atoms with E-state index in [4.69, 9.17) is 0 Å². The van der Waals surface area contributed by atoms with Crippen LogP contribution in [0, 0.1) is 5.92 Å². The molecule has 1 N–H and O–H groups in total. The molecule has 2 heteroatoms. The summed E-state index contributed by atoms with van der Waals surface area (Å²) >= 11 is 0. The molecule has 1 aliphatic rings. The van der Waals surface area contributed by atoms with Crippen molar-refractivity contribution in [2.45, 2.75) is 38.6 Å². The number of nitrogens with one attached hydrogen (secondary N) is 1. The SMILES string of the molecule is CCN(C)CC1CCC(NC)CC1. The third kappa shape index (κ3) is 3.65. The molecule has 2 nitrogen and oxygen atoms in total. The van der Waals surface area contributed by atoms with E-state index in [9.17, 15) is 0 Å². The van der Waals surface area contributed by atoms with Crippen LogP contribution in [0.15, 0.2) is 0 Å². The number of hydrogen-bond acceptors (Lipinski definition) is 2. The second-order valence-electron chi connectivity index (χ2n) is 4.36. The molecule has 0 unspecified atom stereocenters. The van der Waals surface area contributed by atoms with E-state index in [0.29, 0.717) is 0 Å².